The lowest BCUT2D eigenvalue weighted by Gasteiger charge is -2.16. The number of rotatable bonds is 1. The molecule has 0 unspecified atom stereocenters. The summed E-state index contributed by atoms with van der Waals surface area (Å²) in [7, 11) is 0. The lowest BCUT2D eigenvalue weighted by molar-refractivity contribution is -0.115. The third-order valence-corrected chi connectivity index (χ3v) is 2.23. The summed E-state index contributed by atoms with van der Waals surface area (Å²) in [6.07, 6.45) is 5.68. The van der Waals surface area contributed by atoms with E-state index in [4.69, 9.17) is 11.6 Å². The Labute approximate surface area is 60.4 Å². The van der Waals surface area contributed by atoms with Crippen molar-refractivity contribution >= 4 is 16.8 Å². The molecule has 1 saturated carbocycles. The molecule has 0 aliphatic heterocycles. The van der Waals surface area contributed by atoms with E-state index in [9.17, 15) is 4.79 Å². The minimum absolute atomic E-state index is 0.130. The van der Waals surface area contributed by atoms with Gasteiger partial charge in [0.1, 0.15) is 0 Å². The predicted molar refractivity (Wildman–Crippen MR) is 37.4 cm³/mol. The molecule has 0 amide bonds. The maximum Gasteiger partial charge on any atom is 0.224 e. The summed E-state index contributed by atoms with van der Waals surface area (Å²) < 4.78 is 0. The molecule has 1 nitrogen and oxygen atoms in total. The molecule has 0 aromatic heterocycles. The zero-order chi connectivity index (χ0) is 6.69. The van der Waals surface area contributed by atoms with Gasteiger partial charge in [-0.3, -0.25) is 4.79 Å². The second-order valence-corrected chi connectivity index (χ2v) is 3.01. The highest BCUT2D eigenvalue weighted by Gasteiger charge is 2.18. The Balaban J connectivity index is 2.31. The first kappa shape index (κ1) is 7.07. The van der Waals surface area contributed by atoms with Gasteiger partial charge in [0.05, 0.1) is 0 Å². The third kappa shape index (κ3) is 1.98. The smallest absolute Gasteiger partial charge is 0.224 e. The van der Waals surface area contributed by atoms with E-state index in [-0.39, 0.29) is 11.2 Å². The van der Waals surface area contributed by atoms with Gasteiger partial charge in [-0.15, -0.1) is 0 Å². The summed E-state index contributed by atoms with van der Waals surface area (Å²) in [4.78, 5) is 10.6. The second kappa shape index (κ2) is 3.21. The van der Waals surface area contributed by atoms with Crippen LogP contribution in [0.4, 0.5) is 0 Å². The molecule has 52 valence electrons. The van der Waals surface area contributed by atoms with Gasteiger partial charge in [-0.2, -0.15) is 0 Å². The van der Waals surface area contributed by atoms with Crippen LogP contribution in [0, 0.1) is 5.92 Å². The van der Waals surface area contributed by atoms with Crippen molar-refractivity contribution in [1.29, 1.82) is 0 Å². The summed E-state index contributed by atoms with van der Waals surface area (Å²) in [5.41, 5.74) is 0. The molecular formula is C7H11ClO. The molecule has 0 bridgehead atoms. The van der Waals surface area contributed by atoms with E-state index in [1.54, 1.807) is 0 Å². The fourth-order valence-corrected chi connectivity index (χ4v) is 1.55. The van der Waals surface area contributed by atoms with Crippen molar-refractivity contribution in [3.63, 3.8) is 0 Å². The van der Waals surface area contributed by atoms with Crippen molar-refractivity contribution in [2.45, 2.75) is 32.1 Å². The minimum Gasteiger partial charge on any atom is -0.281 e. The third-order valence-electron chi connectivity index (χ3n) is 1.93. The fraction of sp³-hybridized carbons (Fsp3) is 0.857. The largest absolute Gasteiger partial charge is 0.281 e. The molecule has 0 N–H and O–H groups in total. The minimum atomic E-state index is -0.130. The molecule has 2 heteroatoms. The van der Waals surface area contributed by atoms with Crippen LogP contribution in [-0.4, -0.2) is 5.24 Å². The zero-order valence-corrected chi connectivity index (χ0v) is 6.16. The quantitative estimate of drug-likeness (QED) is 0.518. The molecule has 0 saturated heterocycles. The molecule has 1 aliphatic rings. The highest BCUT2D eigenvalue weighted by Crippen LogP contribution is 2.24. The maximum absolute atomic E-state index is 10.6. The molecule has 9 heavy (non-hydrogen) atoms. The summed E-state index contributed by atoms with van der Waals surface area (Å²) in [6.45, 7) is 0. The molecule has 0 aromatic carbocycles. The zero-order valence-electron chi connectivity index (χ0n) is 5.40. The van der Waals surface area contributed by atoms with Gasteiger partial charge < -0.3 is 0 Å². The first-order chi connectivity index (χ1) is 4.30. The first-order valence-corrected chi connectivity index (χ1v) is 3.88. The van der Waals surface area contributed by atoms with Crippen LogP contribution >= 0.6 is 11.6 Å². The predicted octanol–water partition coefficient (Wildman–Crippen LogP) is 2.33. The van der Waals surface area contributed by atoms with Crippen LogP contribution in [0.3, 0.4) is 0 Å². The molecule has 0 radical (unpaired) electrons. The maximum atomic E-state index is 10.6. The fourth-order valence-electron chi connectivity index (χ4n) is 1.33. The van der Waals surface area contributed by atoms with E-state index in [1.165, 1.54) is 19.3 Å². The normalized spacial score (nSPS) is 21.9. The van der Waals surface area contributed by atoms with Gasteiger partial charge in [0.25, 0.3) is 0 Å². The van der Waals surface area contributed by atoms with Crippen molar-refractivity contribution in [2.75, 3.05) is 0 Å². The Morgan fingerprint density at radius 3 is 2.11 bits per heavy atom. The van der Waals surface area contributed by atoms with Crippen LogP contribution in [0.15, 0.2) is 0 Å². The van der Waals surface area contributed by atoms with Crippen molar-refractivity contribution in [2.24, 2.45) is 5.92 Å². The first-order valence-electron chi connectivity index (χ1n) is 3.50. The lowest BCUT2D eigenvalue weighted by Crippen LogP contribution is -2.12. The Kier molecular flexibility index (Phi) is 2.52. The molecule has 1 rings (SSSR count). The molecule has 0 atom stereocenters. The molecule has 1 fully saturated rings. The van der Waals surface area contributed by atoms with Gasteiger partial charge in [0.2, 0.25) is 5.24 Å². The summed E-state index contributed by atoms with van der Waals surface area (Å²) >= 11 is 5.32. The van der Waals surface area contributed by atoms with Crippen molar-refractivity contribution < 1.29 is 4.79 Å². The molecule has 0 heterocycles. The van der Waals surface area contributed by atoms with Crippen LogP contribution in [-0.2, 0) is 4.79 Å². The van der Waals surface area contributed by atoms with Crippen LogP contribution in [0.25, 0.3) is 0 Å². The number of hydrogen-bond acceptors (Lipinski definition) is 1. The van der Waals surface area contributed by atoms with Crippen LogP contribution in [0.2, 0.25) is 0 Å². The van der Waals surface area contributed by atoms with Gasteiger partial charge in [0.15, 0.2) is 0 Å². The van der Waals surface area contributed by atoms with Crippen molar-refractivity contribution in [3.8, 4) is 0 Å². The van der Waals surface area contributed by atoms with Crippen LogP contribution in [0.5, 0.6) is 0 Å². The standard InChI is InChI=1S/C7H11ClO/c8-7(9)6-4-2-1-3-5-6/h6H,1-5H2/i7-1. The Hall–Kier alpha value is -0.0400. The van der Waals surface area contributed by atoms with Crippen molar-refractivity contribution in [3.05, 3.63) is 0 Å². The Bertz CT molecular complexity index is 105. The van der Waals surface area contributed by atoms with Crippen LogP contribution in [0.1, 0.15) is 32.1 Å². The van der Waals surface area contributed by atoms with E-state index in [1.807, 2.05) is 0 Å². The van der Waals surface area contributed by atoms with Gasteiger partial charge >= 0.3 is 0 Å². The van der Waals surface area contributed by atoms with Gasteiger partial charge in [0, 0.05) is 5.92 Å². The summed E-state index contributed by atoms with van der Waals surface area (Å²) in [5.74, 6) is 0.181. The van der Waals surface area contributed by atoms with Gasteiger partial charge in [-0.05, 0) is 24.4 Å². The number of halogens is 1. The summed E-state index contributed by atoms with van der Waals surface area (Å²) in [5, 5.41) is -0.130. The molecular weight excluding hydrogens is 135 g/mol. The average Bonchev–Trinajstić information content (AvgIpc) is 1.90. The van der Waals surface area contributed by atoms with E-state index in [0.29, 0.717) is 0 Å². The van der Waals surface area contributed by atoms with E-state index in [2.05, 4.69) is 0 Å². The topological polar surface area (TPSA) is 17.1 Å². The van der Waals surface area contributed by atoms with Gasteiger partial charge in [-0.25, -0.2) is 0 Å². The SMILES string of the molecule is O=[11C](Cl)C1CCCCC1. The van der Waals surface area contributed by atoms with E-state index in [0.717, 1.165) is 12.8 Å². The van der Waals surface area contributed by atoms with E-state index >= 15 is 0 Å². The average molecular weight is 146 g/mol. The lowest BCUT2D eigenvalue weighted by atomic mass is 9.78. The number of carbonyl (C=O) groups is 1. The molecule has 1 aliphatic carbocycles. The molecule has 0 spiro atoms. The van der Waals surface area contributed by atoms with Gasteiger partial charge in [-0.1, -0.05) is 19.3 Å². The highest BCUT2D eigenvalue weighted by atomic mass is 35.5. The van der Waals surface area contributed by atoms with E-state index < -0.39 is 0 Å². The Morgan fingerprint density at radius 1 is 1.22 bits per heavy atom. The number of hydrogen-bond donors (Lipinski definition) is 0. The summed E-state index contributed by atoms with van der Waals surface area (Å²) in [6, 6.07) is 0. The number of carbonyl (C=O) groups excluding carboxylic acids is 1. The highest BCUT2D eigenvalue weighted by molar-refractivity contribution is 6.63. The second-order valence-electron chi connectivity index (χ2n) is 2.64. The van der Waals surface area contributed by atoms with Crippen LogP contribution < -0.4 is 0 Å². The van der Waals surface area contributed by atoms with Crippen molar-refractivity contribution in [1.82, 2.24) is 0 Å². The Morgan fingerprint density at radius 2 is 1.78 bits per heavy atom. The molecule has 0 aromatic rings. The monoisotopic (exact) mass is 145 g/mol.